The molecule has 1 amide bonds. The summed E-state index contributed by atoms with van der Waals surface area (Å²) in [5, 5.41) is 5.26. The van der Waals surface area contributed by atoms with Gasteiger partial charge in [0.05, 0.1) is 18.8 Å². The molecule has 0 saturated carbocycles. The number of rotatable bonds is 5. The van der Waals surface area contributed by atoms with Crippen molar-refractivity contribution in [2.24, 2.45) is 0 Å². The maximum Gasteiger partial charge on any atom is 0.241 e. The molecule has 4 nitrogen and oxygen atoms in total. The van der Waals surface area contributed by atoms with Gasteiger partial charge in [0.1, 0.15) is 5.76 Å². The molecule has 1 heterocycles. The van der Waals surface area contributed by atoms with Crippen molar-refractivity contribution in [3.05, 3.63) is 66.6 Å². The van der Waals surface area contributed by atoms with E-state index in [9.17, 15) is 4.79 Å². The molecule has 2 aromatic carbocycles. The Morgan fingerprint density at radius 2 is 1.91 bits per heavy atom. The van der Waals surface area contributed by atoms with Gasteiger partial charge in [0, 0.05) is 5.69 Å². The van der Waals surface area contributed by atoms with Crippen LogP contribution in [0, 0.1) is 0 Å². The molecule has 0 aliphatic rings. The first kappa shape index (κ1) is 15.3. The molecule has 23 heavy (non-hydrogen) atoms. The average molecular weight is 308 g/mol. The van der Waals surface area contributed by atoms with E-state index >= 15 is 0 Å². The molecular formula is C19H20N2O2. The molecule has 118 valence electrons. The predicted octanol–water partition coefficient (Wildman–Crippen LogP) is 3.89. The minimum atomic E-state index is -0.258. The van der Waals surface area contributed by atoms with Crippen LogP contribution in [-0.4, -0.2) is 23.9 Å². The largest absolute Gasteiger partial charge is 0.468 e. The normalized spacial score (nSPS) is 12.5. The zero-order valence-electron chi connectivity index (χ0n) is 13.3. The molecule has 0 saturated heterocycles. The highest BCUT2D eigenvalue weighted by Gasteiger charge is 2.19. The molecule has 4 heteroatoms. The quantitative estimate of drug-likeness (QED) is 0.777. The lowest BCUT2D eigenvalue weighted by molar-refractivity contribution is -0.120. The summed E-state index contributed by atoms with van der Waals surface area (Å²) in [6, 6.07) is 17.5. The highest BCUT2D eigenvalue weighted by atomic mass is 16.3. The predicted molar refractivity (Wildman–Crippen MR) is 92.2 cm³/mol. The maximum atomic E-state index is 12.4. The van der Waals surface area contributed by atoms with E-state index in [0.717, 1.165) is 22.2 Å². The van der Waals surface area contributed by atoms with E-state index in [1.54, 1.807) is 6.26 Å². The lowest BCUT2D eigenvalue weighted by atomic mass is 10.1. The van der Waals surface area contributed by atoms with Crippen LogP contribution in [0.3, 0.4) is 0 Å². The lowest BCUT2D eigenvalue weighted by Gasteiger charge is -2.23. The van der Waals surface area contributed by atoms with Crippen molar-refractivity contribution < 1.29 is 9.21 Å². The van der Waals surface area contributed by atoms with Gasteiger partial charge in [-0.05, 0) is 49.0 Å². The molecule has 0 spiro atoms. The third-order valence-corrected chi connectivity index (χ3v) is 4.04. The lowest BCUT2D eigenvalue weighted by Crippen LogP contribution is -2.39. The first-order valence-corrected chi connectivity index (χ1v) is 7.66. The number of carbonyl (C=O) groups is 1. The van der Waals surface area contributed by atoms with Crippen LogP contribution in [-0.2, 0) is 11.3 Å². The summed E-state index contributed by atoms with van der Waals surface area (Å²) in [6.45, 7) is 2.48. The van der Waals surface area contributed by atoms with E-state index in [0.29, 0.717) is 6.54 Å². The zero-order valence-corrected chi connectivity index (χ0v) is 13.3. The Hall–Kier alpha value is -2.59. The number of hydrogen-bond acceptors (Lipinski definition) is 3. The van der Waals surface area contributed by atoms with Gasteiger partial charge in [-0.2, -0.15) is 0 Å². The van der Waals surface area contributed by atoms with Crippen molar-refractivity contribution in [1.29, 1.82) is 0 Å². The van der Waals surface area contributed by atoms with Crippen LogP contribution < -0.4 is 5.32 Å². The van der Waals surface area contributed by atoms with Gasteiger partial charge in [0.15, 0.2) is 0 Å². The van der Waals surface area contributed by atoms with E-state index in [-0.39, 0.29) is 11.9 Å². The van der Waals surface area contributed by atoms with Gasteiger partial charge >= 0.3 is 0 Å². The highest BCUT2D eigenvalue weighted by Crippen LogP contribution is 2.19. The molecule has 0 radical (unpaired) electrons. The van der Waals surface area contributed by atoms with Crippen LogP contribution in [0.15, 0.2) is 65.3 Å². The van der Waals surface area contributed by atoms with Crippen LogP contribution in [0.5, 0.6) is 0 Å². The second-order valence-corrected chi connectivity index (χ2v) is 5.72. The van der Waals surface area contributed by atoms with E-state index < -0.39 is 0 Å². The number of anilines is 1. The number of carbonyl (C=O) groups excluding carboxylic acids is 1. The van der Waals surface area contributed by atoms with E-state index in [1.807, 2.05) is 67.4 Å². The Labute approximate surface area is 135 Å². The van der Waals surface area contributed by atoms with Crippen LogP contribution >= 0.6 is 0 Å². The summed E-state index contributed by atoms with van der Waals surface area (Å²) in [4.78, 5) is 14.4. The first-order chi connectivity index (χ1) is 11.1. The Kier molecular flexibility index (Phi) is 4.44. The van der Waals surface area contributed by atoms with Crippen molar-refractivity contribution >= 4 is 22.4 Å². The summed E-state index contributed by atoms with van der Waals surface area (Å²) in [5.74, 6) is 0.812. The van der Waals surface area contributed by atoms with Gasteiger partial charge in [-0.3, -0.25) is 9.69 Å². The number of furan rings is 1. The molecule has 1 atom stereocenters. The minimum absolute atomic E-state index is 0.0330. The molecule has 1 aromatic heterocycles. The third kappa shape index (κ3) is 3.60. The minimum Gasteiger partial charge on any atom is -0.468 e. The highest BCUT2D eigenvalue weighted by molar-refractivity contribution is 5.97. The number of nitrogens with one attached hydrogen (secondary N) is 1. The van der Waals surface area contributed by atoms with Gasteiger partial charge in [-0.15, -0.1) is 0 Å². The first-order valence-electron chi connectivity index (χ1n) is 7.66. The van der Waals surface area contributed by atoms with Crippen molar-refractivity contribution in [1.82, 2.24) is 4.90 Å². The van der Waals surface area contributed by atoms with E-state index in [1.165, 1.54) is 0 Å². The fraction of sp³-hybridized carbons (Fsp3) is 0.211. The Morgan fingerprint density at radius 3 is 2.65 bits per heavy atom. The second-order valence-electron chi connectivity index (χ2n) is 5.72. The average Bonchev–Trinajstić information content (AvgIpc) is 3.07. The van der Waals surface area contributed by atoms with Crippen molar-refractivity contribution in [3.8, 4) is 0 Å². The SMILES string of the molecule is C[C@@H](C(=O)Nc1ccc2ccccc2c1)N(C)Cc1ccco1. The Morgan fingerprint density at radius 1 is 1.13 bits per heavy atom. The van der Waals surface area contributed by atoms with E-state index in [4.69, 9.17) is 4.42 Å². The fourth-order valence-corrected chi connectivity index (χ4v) is 2.50. The van der Waals surface area contributed by atoms with E-state index in [2.05, 4.69) is 11.4 Å². The molecule has 0 aliphatic heterocycles. The van der Waals surface area contributed by atoms with Crippen molar-refractivity contribution in [3.63, 3.8) is 0 Å². The Balaban J connectivity index is 1.66. The fourth-order valence-electron chi connectivity index (χ4n) is 2.50. The number of amides is 1. The standard InChI is InChI=1S/C19H20N2O2/c1-14(21(2)13-18-8-5-11-23-18)19(22)20-17-10-9-15-6-3-4-7-16(15)12-17/h3-12,14H,13H2,1-2H3,(H,20,22)/t14-/m0/s1. The van der Waals surface area contributed by atoms with Crippen molar-refractivity contribution in [2.75, 3.05) is 12.4 Å². The molecule has 1 N–H and O–H groups in total. The molecule has 3 rings (SSSR count). The van der Waals surface area contributed by atoms with Crippen LogP contribution in [0.4, 0.5) is 5.69 Å². The van der Waals surface area contributed by atoms with Crippen LogP contribution in [0.25, 0.3) is 10.8 Å². The number of fused-ring (bicyclic) bond motifs is 1. The smallest absolute Gasteiger partial charge is 0.241 e. The van der Waals surface area contributed by atoms with Gasteiger partial charge in [-0.1, -0.05) is 30.3 Å². The summed E-state index contributed by atoms with van der Waals surface area (Å²) < 4.78 is 5.33. The molecule has 0 aliphatic carbocycles. The molecule has 0 unspecified atom stereocenters. The second kappa shape index (κ2) is 6.67. The topological polar surface area (TPSA) is 45.5 Å². The van der Waals surface area contributed by atoms with Gasteiger partial charge in [0.25, 0.3) is 0 Å². The Bertz CT molecular complexity index is 796. The summed E-state index contributed by atoms with van der Waals surface area (Å²) in [5.41, 5.74) is 0.812. The summed E-state index contributed by atoms with van der Waals surface area (Å²) in [6.07, 6.45) is 1.64. The number of hydrogen-bond donors (Lipinski definition) is 1. The van der Waals surface area contributed by atoms with Crippen molar-refractivity contribution in [2.45, 2.75) is 19.5 Å². The van der Waals surface area contributed by atoms with Crippen LogP contribution in [0.2, 0.25) is 0 Å². The van der Waals surface area contributed by atoms with Crippen LogP contribution in [0.1, 0.15) is 12.7 Å². The number of likely N-dealkylation sites (N-methyl/N-ethyl adjacent to an activating group) is 1. The van der Waals surface area contributed by atoms with Gasteiger partial charge in [-0.25, -0.2) is 0 Å². The zero-order chi connectivity index (χ0) is 16.2. The van der Waals surface area contributed by atoms with Gasteiger partial charge in [0.2, 0.25) is 5.91 Å². The molecule has 3 aromatic rings. The summed E-state index contributed by atoms with van der Waals surface area (Å²) >= 11 is 0. The number of nitrogens with zero attached hydrogens (tertiary/aromatic N) is 1. The number of benzene rings is 2. The monoisotopic (exact) mass is 308 g/mol. The summed E-state index contributed by atoms with van der Waals surface area (Å²) in [7, 11) is 1.91. The molecule has 0 fully saturated rings. The third-order valence-electron chi connectivity index (χ3n) is 4.04. The molecule has 0 bridgehead atoms. The maximum absolute atomic E-state index is 12.4. The molecular weight excluding hydrogens is 288 g/mol. The van der Waals surface area contributed by atoms with Gasteiger partial charge < -0.3 is 9.73 Å².